The van der Waals surface area contributed by atoms with Crippen LogP contribution in [0.15, 0.2) is 53.4 Å². The predicted molar refractivity (Wildman–Crippen MR) is 125 cm³/mol. The van der Waals surface area contributed by atoms with Gasteiger partial charge in [-0.05, 0) is 61.2 Å². The van der Waals surface area contributed by atoms with E-state index in [0.717, 1.165) is 12.8 Å². The fraction of sp³-hybridized carbons (Fsp3) is 0.391. The van der Waals surface area contributed by atoms with Gasteiger partial charge in [0.1, 0.15) is 0 Å². The molecule has 1 aliphatic rings. The number of carbonyl (C=O) groups excluding carboxylic acids is 2. The van der Waals surface area contributed by atoms with Crippen LogP contribution in [0.25, 0.3) is 0 Å². The van der Waals surface area contributed by atoms with E-state index in [9.17, 15) is 18.0 Å². The van der Waals surface area contributed by atoms with Crippen LogP contribution >= 0.6 is 11.6 Å². The minimum atomic E-state index is -3.82. The van der Waals surface area contributed by atoms with Gasteiger partial charge in [0.2, 0.25) is 5.91 Å². The third kappa shape index (κ3) is 6.23. The molecule has 172 valence electrons. The number of piperidine rings is 1. The van der Waals surface area contributed by atoms with E-state index in [1.54, 1.807) is 23.1 Å². The van der Waals surface area contributed by atoms with Crippen LogP contribution in [0.2, 0.25) is 5.02 Å². The molecule has 2 aromatic rings. The molecule has 1 unspecified atom stereocenters. The molecule has 1 heterocycles. The Morgan fingerprint density at radius 2 is 1.88 bits per heavy atom. The average Bonchev–Trinajstić information content (AvgIpc) is 2.77. The number of anilines is 1. The number of amides is 2. The molecule has 2 aromatic carbocycles. The lowest BCUT2D eigenvalue weighted by atomic mass is 9.96. The van der Waals surface area contributed by atoms with Crippen LogP contribution in [-0.4, -0.2) is 44.8 Å². The SMILES string of the molecule is CC(C)CNC(=O)C1CCCN(C(=O)c2cccc(NS(=O)(=O)c3ccc(Cl)cc3)c2)C1. The second kappa shape index (κ2) is 10.4. The normalized spacial score (nSPS) is 16.6. The Bertz CT molecular complexity index is 1070. The van der Waals surface area contributed by atoms with Crippen molar-refractivity contribution in [3.8, 4) is 0 Å². The van der Waals surface area contributed by atoms with Crippen LogP contribution in [-0.2, 0) is 14.8 Å². The van der Waals surface area contributed by atoms with E-state index in [2.05, 4.69) is 10.0 Å². The smallest absolute Gasteiger partial charge is 0.261 e. The molecule has 0 aliphatic carbocycles. The molecular formula is C23H28ClN3O4S. The first-order valence-electron chi connectivity index (χ1n) is 10.6. The van der Waals surface area contributed by atoms with Gasteiger partial charge >= 0.3 is 0 Å². The maximum absolute atomic E-state index is 13.1. The molecule has 1 aliphatic heterocycles. The average molecular weight is 478 g/mol. The van der Waals surface area contributed by atoms with Gasteiger partial charge in [-0.25, -0.2) is 8.42 Å². The molecule has 2 amide bonds. The van der Waals surface area contributed by atoms with Crippen molar-refractivity contribution < 1.29 is 18.0 Å². The van der Waals surface area contributed by atoms with Crippen molar-refractivity contribution in [1.29, 1.82) is 0 Å². The quantitative estimate of drug-likeness (QED) is 0.634. The topological polar surface area (TPSA) is 95.6 Å². The molecule has 1 atom stereocenters. The lowest BCUT2D eigenvalue weighted by molar-refractivity contribution is -0.126. The van der Waals surface area contributed by atoms with Gasteiger partial charge in [0.25, 0.3) is 15.9 Å². The number of nitrogens with one attached hydrogen (secondary N) is 2. The Morgan fingerprint density at radius 3 is 2.56 bits per heavy atom. The standard InChI is InChI=1S/C23H28ClN3O4S/c1-16(2)14-25-22(28)18-6-4-12-27(15-18)23(29)17-5-3-7-20(13-17)26-32(30,31)21-10-8-19(24)9-11-21/h3,5,7-11,13,16,18,26H,4,6,12,14-15H2,1-2H3,(H,25,28). The number of likely N-dealkylation sites (tertiary alicyclic amines) is 1. The predicted octanol–water partition coefficient (Wildman–Crippen LogP) is 3.77. The van der Waals surface area contributed by atoms with Crippen molar-refractivity contribution in [2.75, 3.05) is 24.4 Å². The summed E-state index contributed by atoms with van der Waals surface area (Å²) in [5.74, 6) is -0.128. The minimum absolute atomic E-state index is 0.0272. The van der Waals surface area contributed by atoms with Gasteiger partial charge in [-0.3, -0.25) is 14.3 Å². The third-order valence-electron chi connectivity index (χ3n) is 5.25. The highest BCUT2D eigenvalue weighted by Gasteiger charge is 2.29. The number of sulfonamides is 1. The maximum Gasteiger partial charge on any atom is 0.261 e. The zero-order valence-corrected chi connectivity index (χ0v) is 19.7. The van der Waals surface area contributed by atoms with Crippen LogP contribution < -0.4 is 10.0 Å². The molecule has 32 heavy (non-hydrogen) atoms. The molecule has 1 saturated heterocycles. The van der Waals surface area contributed by atoms with Crippen molar-refractivity contribution >= 4 is 39.1 Å². The number of hydrogen-bond donors (Lipinski definition) is 2. The number of rotatable bonds is 7. The Labute approximate surface area is 194 Å². The van der Waals surface area contributed by atoms with Crippen LogP contribution in [0.1, 0.15) is 37.0 Å². The highest BCUT2D eigenvalue weighted by molar-refractivity contribution is 7.92. The molecule has 9 heteroatoms. The third-order valence-corrected chi connectivity index (χ3v) is 6.90. The molecule has 0 aromatic heterocycles. The van der Waals surface area contributed by atoms with Crippen LogP contribution in [0.5, 0.6) is 0 Å². The highest BCUT2D eigenvalue weighted by atomic mass is 35.5. The number of halogens is 1. The van der Waals surface area contributed by atoms with Crippen LogP contribution in [0, 0.1) is 11.8 Å². The summed E-state index contributed by atoms with van der Waals surface area (Å²) in [5, 5.41) is 3.38. The van der Waals surface area contributed by atoms with Crippen molar-refractivity contribution in [1.82, 2.24) is 10.2 Å². The molecule has 0 radical (unpaired) electrons. The zero-order chi connectivity index (χ0) is 23.3. The summed E-state index contributed by atoms with van der Waals surface area (Å²) in [6.45, 7) is 5.59. The van der Waals surface area contributed by atoms with Gasteiger partial charge < -0.3 is 10.2 Å². The van der Waals surface area contributed by atoms with E-state index in [-0.39, 0.29) is 28.3 Å². The molecule has 3 rings (SSSR count). The first kappa shape index (κ1) is 24.1. The molecule has 7 nitrogen and oxygen atoms in total. The second-order valence-corrected chi connectivity index (χ2v) is 10.5. The number of hydrogen-bond acceptors (Lipinski definition) is 4. The molecular weight excluding hydrogens is 450 g/mol. The molecule has 0 saturated carbocycles. The first-order chi connectivity index (χ1) is 15.2. The van der Waals surface area contributed by atoms with Gasteiger partial charge in [0.05, 0.1) is 10.8 Å². The van der Waals surface area contributed by atoms with Gasteiger partial charge in [0.15, 0.2) is 0 Å². The number of benzene rings is 2. The summed E-state index contributed by atoms with van der Waals surface area (Å²) in [6.07, 6.45) is 1.49. The lowest BCUT2D eigenvalue weighted by Crippen LogP contribution is -2.46. The van der Waals surface area contributed by atoms with Gasteiger partial charge in [-0.2, -0.15) is 0 Å². The lowest BCUT2D eigenvalue weighted by Gasteiger charge is -2.32. The first-order valence-corrected chi connectivity index (χ1v) is 12.5. The van der Waals surface area contributed by atoms with E-state index in [0.29, 0.717) is 36.1 Å². The number of nitrogens with zero attached hydrogens (tertiary/aromatic N) is 1. The largest absolute Gasteiger partial charge is 0.356 e. The van der Waals surface area contributed by atoms with E-state index >= 15 is 0 Å². The van der Waals surface area contributed by atoms with Crippen LogP contribution in [0.3, 0.4) is 0 Å². The van der Waals surface area contributed by atoms with E-state index < -0.39 is 10.0 Å². The summed E-state index contributed by atoms with van der Waals surface area (Å²) >= 11 is 5.83. The summed E-state index contributed by atoms with van der Waals surface area (Å²) in [6, 6.07) is 12.2. The van der Waals surface area contributed by atoms with Crippen molar-refractivity contribution in [3.63, 3.8) is 0 Å². The molecule has 1 fully saturated rings. The molecule has 0 bridgehead atoms. The summed E-state index contributed by atoms with van der Waals surface area (Å²) in [4.78, 5) is 27.2. The Balaban J connectivity index is 1.69. The van der Waals surface area contributed by atoms with E-state index in [1.807, 2.05) is 13.8 Å². The van der Waals surface area contributed by atoms with Crippen LogP contribution in [0.4, 0.5) is 5.69 Å². The Hall–Kier alpha value is -2.58. The fourth-order valence-electron chi connectivity index (χ4n) is 3.55. The molecule has 0 spiro atoms. The van der Waals surface area contributed by atoms with Gasteiger partial charge in [0, 0.05) is 35.9 Å². The highest BCUT2D eigenvalue weighted by Crippen LogP contribution is 2.22. The van der Waals surface area contributed by atoms with Crippen molar-refractivity contribution in [2.45, 2.75) is 31.6 Å². The Kier molecular flexibility index (Phi) is 7.79. The number of carbonyl (C=O) groups is 2. The van der Waals surface area contributed by atoms with Gasteiger partial charge in [-0.15, -0.1) is 0 Å². The Morgan fingerprint density at radius 1 is 1.16 bits per heavy atom. The second-order valence-electron chi connectivity index (χ2n) is 8.37. The zero-order valence-electron chi connectivity index (χ0n) is 18.2. The summed E-state index contributed by atoms with van der Waals surface area (Å²) in [5.41, 5.74) is 0.651. The van der Waals surface area contributed by atoms with Gasteiger partial charge in [-0.1, -0.05) is 31.5 Å². The van der Waals surface area contributed by atoms with E-state index in [4.69, 9.17) is 11.6 Å². The van der Waals surface area contributed by atoms with E-state index in [1.165, 1.54) is 30.3 Å². The summed E-state index contributed by atoms with van der Waals surface area (Å²) in [7, 11) is -3.82. The maximum atomic E-state index is 13.1. The fourth-order valence-corrected chi connectivity index (χ4v) is 4.73. The monoisotopic (exact) mass is 477 g/mol. The summed E-state index contributed by atoms with van der Waals surface area (Å²) < 4.78 is 27.8. The molecule has 2 N–H and O–H groups in total. The van der Waals surface area contributed by atoms with Crippen molar-refractivity contribution in [3.05, 3.63) is 59.1 Å². The minimum Gasteiger partial charge on any atom is -0.356 e. The van der Waals surface area contributed by atoms with Crippen molar-refractivity contribution in [2.24, 2.45) is 11.8 Å².